The van der Waals surface area contributed by atoms with E-state index in [1.165, 1.54) is 24.4 Å². The van der Waals surface area contributed by atoms with E-state index in [4.69, 9.17) is 14.2 Å². The summed E-state index contributed by atoms with van der Waals surface area (Å²) in [6, 6.07) is 9.07. The van der Waals surface area contributed by atoms with Gasteiger partial charge in [-0.25, -0.2) is 9.82 Å². The first-order valence-electron chi connectivity index (χ1n) is 6.91. The summed E-state index contributed by atoms with van der Waals surface area (Å²) in [7, 11) is 0. The standard InChI is InChI=1S/C16H12BrFN2O4/c17-13-4-10(5-14-16(13)24-9-23-14)7-19-20-15(21)8-22-12-3-1-2-11(18)6-12/h1-7H,8-9H2,(H,20,21)/b19-7-. The van der Waals surface area contributed by atoms with Crippen molar-refractivity contribution >= 4 is 28.1 Å². The Morgan fingerprint density at radius 1 is 1.38 bits per heavy atom. The highest BCUT2D eigenvalue weighted by Crippen LogP contribution is 2.39. The van der Waals surface area contributed by atoms with E-state index in [1.54, 1.807) is 18.2 Å². The lowest BCUT2D eigenvalue weighted by Gasteiger charge is -2.05. The maximum atomic E-state index is 13.0. The van der Waals surface area contributed by atoms with Gasteiger partial charge in [0.2, 0.25) is 6.79 Å². The van der Waals surface area contributed by atoms with Gasteiger partial charge in [0.25, 0.3) is 5.91 Å². The van der Waals surface area contributed by atoms with Crippen LogP contribution in [-0.4, -0.2) is 25.5 Å². The number of benzene rings is 2. The summed E-state index contributed by atoms with van der Waals surface area (Å²) in [5, 5.41) is 3.84. The molecule has 1 heterocycles. The zero-order valence-electron chi connectivity index (χ0n) is 12.3. The number of fused-ring (bicyclic) bond motifs is 1. The van der Waals surface area contributed by atoms with E-state index in [2.05, 4.69) is 26.5 Å². The third-order valence-corrected chi connectivity index (χ3v) is 3.61. The van der Waals surface area contributed by atoms with Crippen molar-refractivity contribution in [3.63, 3.8) is 0 Å². The average molecular weight is 395 g/mol. The van der Waals surface area contributed by atoms with Gasteiger partial charge in [-0.3, -0.25) is 4.79 Å². The summed E-state index contributed by atoms with van der Waals surface area (Å²) in [6.07, 6.45) is 1.47. The predicted molar refractivity (Wildman–Crippen MR) is 87.9 cm³/mol. The lowest BCUT2D eigenvalue weighted by Crippen LogP contribution is -2.24. The molecule has 8 heteroatoms. The molecule has 0 bridgehead atoms. The molecule has 0 saturated heterocycles. The Morgan fingerprint density at radius 2 is 2.25 bits per heavy atom. The molecule has 0 aliphatic carbocycles. The fourth-order valence-corrected chi connectivity index (χ4v) is 2.55. The number of carbonyl (C=O) groups excluding carboxylic acids is 1. The van der Waals surface area contributed by atoms with Crippen molar-refractivity contribution in [3.8, 4) is 17.2 Å². The molecule has 0 spiro atoms. The zero-order chi connectivity index (χ0) is 16.9. The van der Waals surface area contributed by atoms with E-state index in [0.29, 0.717) is 11.5 Å². The van der Waals surface area contributed by atoms with E-state index in [1.807, 2.05) is 0 Å². The van der Waals surface area contributed by atoms with E-state index in [0.717, 1.165) is 10.0 Å². The van der Waals surface area contributed by atoms with Crippen LogP contribution in [0, 0.1) is 5.82 Å². The first-order valence-corrected chi connectivity index (χ1v) is 7.70. The molecule has 0 atom stereocenters. The van der Waals surface area contributed by atoms with Crippen molar-refractivity contribution in [2.75, 3.05) is 13.4 Å². The highest BCUT2D eigenvalue weighted by Gasteiger charge is 2.17. The van der Waals surface area contributed by atoms with Crippen LogP contribution in [-0.2, 0) is 4.79 Å². The maximum Gasteiger partial charge on any atom is 0.277 e. The number of ether oxygens (including phenoxy) is 3. The van der Waals surface area contributed by atoms with Gasteiger partial charge in [-0.1, -0.05) is 6.07 Å². The quantitative estimate of drug-likeness (QED) is 0.625. The molecule has 6 nitrogen and oxygen atoms in total. The van der Waals surface area contributed by atoms with Gasteiger partial charge < -0.3 is 14.2 Å². The molecule has 1 N–H and O–H groups in total. The van der Waals surface area contributed by atoms with Crippen LogP contribution in [0.2, 0.25) is 0 Å². The molecule has 24 heavy (non-hydrogen) atoms. The Bertz CT molecular complexity index is 798. The third-order valence-electron chi connectivity index (χ3n) is 3.02. The van der Waals surface area contributed by atoms with E-state index >= 15 is 0 Å². The van der Waals surface area contributed by atoms with Crippen molar-refractivity contribution in [3.05, 3.63) is 52.3 Å². The number of nitrogens with zero attached hydrogens (tertiary/aromatic N) is 1. The first-order chi connectivity index (χ1) is 11.6. The van der Waals surface area contributed by atoms with Crippen LogP contribution in [0.15, 0.2) is 46.0 Å². The Kier molecular flexibility index (Phi) is 4.95. The maximum absolute atomic E-state index is 13.0. The number of hydrogen-bond donors (Lipinski definition) is 1. The lowest BCUT2D eigenvalue weighted by molar-refractivity contribution is -0.123. The van der Waals surface area contributed by atoms with Crippen LogP contribution in [0.4, 0.5) is 4.39 Å². The van der Waals surface area contributed by atoms with Crippen LogP contribution in [0.25, 0.3) is 0 Å². The Hall–Kier alpha value is -2.61. The van der Waals surface area contributed by atoms with E-state index in [-0.39, 0.29) is 19.1 Å². The van der Waals surface area contributed by atoms with Crippen LogP contribution in [0.5, 0.6) is 17.2 Å². The molecule has 1 aliphatic rings. The molecule has 0 radical (unpaired) electrons. The third kappa shape index (κ3) is 4.02. The summed E-state index contributed by atoms with van der Waals surface area (Å²) >= 11 is 3.37. The molecule has 1 amide bonds. The van der Waals surface area contributed by atoms with Gasteiger partial charge in [-0.15, -0.1) is 0 Å². The second kappa shape index (κ2) is 7.31. The second-order valence-corrected chi connectivity index (χ2v) is 5.63. The van der Waals surface area contributed by atoms with Crippen molar-refractivity contribution in [1.82, 2.24) is 5.43 Å². The van der Waals surface area contributed by atoms with Crippen LogP contribution >= 0.6 is 15.9 Å². The van der Waals surface area contributed by atoms with E-state index < -0.39 is 11.7 Å². The smallest absolute Gasteiger partial charge is 0.277 e. The molecule has 124 valence electrons. The van der Waals surface area contributed by atoms with Gasteiger partial charge in [-0.05, 0) is 45.8 Å². The Morgan fingerprint density at radius 3 is 3.08 bits per heavy atom. The highest BCUT2D eigenvalue weighted by atomic mass is 79.9. The van der Waals surface area contributed by atoms with Gasteiger partial charge in [0, 0.05) is 6.07 Å². The molecule has 0 aromatic heterocycles. The van der Waals surface area contributed by atoms with Crippen molar-refractivity contribution in [1.29, 1.82) is 0 Å². The van der Waals surface area contributed by atoms with Crippen LogP contribution in [0.1, 0.15) is 5.56 Å². The molecule has 1 aliphatic heterocycles. The zero-order valence-corrected chi connectivity index (χ0v) is 13.9. The number of carbonyl (C=O) groups is 1. The first kappa shape index (κ1) is 16.3. The number of rotatable bonds is 5. The fraction of sp³-hybridized carbons (Fsp3) is 0.125. The molecule has 3 rings (SSSR count). The van der Waals surface area contributed by atoms with Crippen molar-refractivity contribution in [2.24, 2.45) is 5.10 Å². The van der Waals surface area contributed by atoms with E-state index in [9.17, 15) is 9.18 Å². The number of amides is 1. The predicted octanol–water partition coefficient (Wildman–Crippen LogP) is 2.85. The average Bonchev–Trinajstić information content (AvgIpc) is 3.02. The van der Waals surface area contributed by atoms with Crippen molar-refractivity contribution < 1.29 is 23.4 Å². The molecule has 0 fully saturated rings. The topological polar surface area (TPSA) is 69.2 Å². The number of hydrogen-bond acceptors (Lipinski definition) is 5. The molecular formula is C16H12BrFN2O4. The minimum Gasteiger partial charge on any atom is -0.484 e. The lowest BCUT2D eigenvalue weighted by atomic mass is 10.2. The Labute approximate surface area is 145 Å². The molecule has 0 unspecified atom stereocenters. The summed E-state index contributed by atoms with van der Waals surface area (Å²) in [6.45, 7) is -0.103. The molecular weight excluding hydrogens is 383 g/mol. The molecule has 2 aromatic carbocycles. The van der Waals surface area contributed by atoms with Gasteiger partial charge >= 0.3 is 0 Å². The molecule has 2 aromatic rings. The minimum absolute atomic E-state index is 0.169. The summed E-state index contributed by atoms with van der Waals surface area (Å²) in [4.78, 5) is 11.6. The van der Waals surface area contributed by atoms with Crippen LogP contribution in [0.3, 0.4) is 0 Å². The number of hydrazone groups is 1. The monoisotopic (exact) mass is 394 g/mol. The second-order valence-electron chi connectivity index (χ2n) is 4.78. The summed E-state index contributed by atoms with van der Waals surface area (Å²) < 4.78 is 29.5. The SMILES string of the molecule is O=C(COc1cccc(F)c1)N/N=C\c1cc(Br)c2c(c1)OCO2. The number of nitrogens with one attached hydrogen (secondary N) is 1. The molecule has 0 saturated carbocycles. The van der Waals surface area contributed by atoms with Gasteiger partial charge in [-0.2, -0.15) is 5.10 Å². The summed E-state index contributed by atoms with van der Waals surface area (Å²) in [5.41, 5.74) is 3.05. The van der Waals surface area contributed by atoms with Crippen LogP contribution < -0.4 is 19.6 Å². The van der Waals surface area contributed by atoms with Gasteiger partial charge in [0.1, 0.15) is 11.6 Å². The normalized spacial score (nSPS) is 12.4. The van der Waals surface area contributed by atoms with Crippen molar-refractivity contribution in [2.45, 2.75) is 0 Å². The Balaban J connectivity index is 1.53. The van der Waals surface area contributed by atoms with Gasteiger partial charge in [0.05, 0.1) is 10.7 Å². The number of halogens is 2. The fourth-order valence-electron chi connectivity index (χ4n) is 1.98. The largest absolute Gasteiger partial charge is 0.484 e. The highest BCUT2D eigenvalue weighted by molar-refractivity contribution is 9.10. The minimum atomic E-state index is -0.463. The summed E-state index contributed by atoms with van der Waals surface area (Å²) in [5.74, 6) is 0.620. The van der Waals surface area contributed by atoms with Gasteiger partial charge in [0.15, 0.2) is 18.1 Å².